The summed E-state index contributed by atoms with van der Waals surface area (Å²) in [4.78, 5) is 40.3. The summed E-state index contributed by atoms with van der Waals surface area (Å²) in [5, 5.41) is -0.173. The fourth-order valence-corrected chi connectivity index (χ4v) is 10.00. The Bertz CT molecular complexity index is 1080. The van der Waals surface area contributed by atoms with Crippen LogP contribution >= 0.6 is 0 Å². The van der Waals surface area contributed by atoms with E-state index in [2.05, 4.69) is 54.6 Å². The zero-order valence-electron chi connectivity index (χ0n) is 29.9. The molecule has 0 fully saturated rings. The minimum atomic E-state index is -4.64. The van der Waals surface area contributed by atoms with Crippen LogP contribution in [0.4, 0.5) is 13.2 Å². The Morgan fingerprint density at radius 1 is 1.02 bits per heavy atom. The van der Waals surface area contributed by atoms with Crippen LogP contribution in [0.3, 0.4) is 0 Å². The molecule has 0 saturated heterocycles. The SMILES string of the molecule is CC[Si](CC)(CC)O[C@H]1CC(=O)OC(C(C)=O)C/C=C(/C(F)(F)F)C/C=C/[C@H](C)[C@H](O[Si](C)(C)C(C)(C)C)C(C)C(=O)C1(C)C. The third kappa shape index (κ3) is 11.0. The van der Waals surface area contributed by atoms with Crippen LogP contribution in [-0.2, 0) is 28.0 Å². The summed E-state index contributed by atoms with van der Waals surface area (Å²) in [5.74, 6) is -2.54. The number of hydrogen-bond acceptors (Lipinski definition) is 6. The number of carbonyl (C=O) groups is 3. The van der Waals surface area contributed by atoms with Crippen molar-refractivity contribution in [3.63, 3.8) is 0 Å². The Balaban J connectivity index is 3.90. The molecule has 0 aromatic carbocycles. The molecule has 5 atom stereocenters. The first-order valence-corrected chi connectivity index (χ1v) is 21.9. The maximum absolute atomic E-state index is 14.6. The van der Waals surface area contributed by atoms with Crippen molar-refractivity contribution in [2.75, 3.05) is 0 Å². The summed E-state index contributed by atoms with van der Waals surface area (Å²) in [7, 11) is -4.79. The first-order valence-electron chi connectivity index (χ1n) is 16.4. The molecule has 0 aliphatic carbocycles. The lowest BCUT2D eigenvalue weighted by Gasteiger charge is -2.45. The molecule has 6 nitrogen and oxygen atoms in total. The van der Waals surface area contributed by atoms with Gasteiger partial charge >= 0.3 is 12.1 Å². The van der Waals surface area contributed by atoms with E-state index >= 15 is 0 Å². The number of ketones is 2. The maximum atomic E-state index is 14.6. The van der Waals surface area contributed by atoms with E-state index < -0.39 is 82.6 Å². The number of carbonyl (C=O) groups excluding carboxylic acids is 3. The van der Waals surface area contributed by atoms with Crippen molar-refractivity contribution < 1.29 is 41.1 Å². The number of halogens is 3. The van der Waals surface area contributed by atoms with E-state index in [4.69, 9.17) is 13.6 Å². The van der Waals surface area contributed by atoms with E-state index in [0.29, 0.717) is 0 Å². The predicted molar refractivity (Wildman–Crippen MR) is 179 cm³/mol. The van der Waals surface area contributed by atoms with Crippen molar-refractivity contribution in [2.45, 2.75) is 156 Å². The lowest BCUT2D eigenvalue weighted by molar-refractivity contribution is -0.158. The highest BCUT2D eigenvalue weighted by Gasteiger charge is 2.49. The topological polar surface area (TPSA) is 78.9 Å². The van der Waals surface area contributed by atoms with Crippen LogP contribution in [0.25, 0.3) is 0 Å². The second kappa shape index (κ2) is 16.0. The van der Waals surface area contributed by atoms with E-state index in [1.165, 1.54) is 13.0 Å². The number of rotatable bonds is 8. The Kier molecular flexibility index (Phi) is 14.8. The molecule has 0 amide bonds. The molecule has 11 heteroatoms. The van der Waals surface area contributed by atoms with Crippen LogP contribution in [0.2, 0.25) is 36.3 Å². The summed E-state index contributed by atoms with van der Waals surface area (Å²) in [6, 6.07) is 2.35. The first kappa shape index (κ1) is 41.5. The van der Waals surface area contributed by atoms with Gasteiger partial charge in [0.05, 0.1) is 18.6 Å². The summed E-state index contributed by atoms with van der Waals surface area (Å²) in [6.45, 7) is 25.1. The highest BCUT2D eigenvalue weighted by Crippen LogP contribution is 2.42. The molecule has 45 heavy (non-hydrogen) atoms. The van der Waals surface area contributed by atoms with E-state index in [9.17, 15) is 27.6 Å². The van der Waals surface area contributed by atoms with Gasteiger partial charge in [-0.1, -0.05) is 87.5 Å². The molecule has 2 unspecified atom stereocenters. The van der Waals surface area contributed by atoms with Crippen molar-refractivity contribution in [1.82, 2.24) is 0 Å². The Labute approximate surface area is 272 Å². The summed E-state index contributed by atoms with van der Waals surface area (Å²) >= 11 is 0. The third-order valence-corrected chi connectivity index (χ3v) is 19.4. The molecular formula is C34H59F3O6Si2. The maximum Gasteiger partial charge on any atom is 0.412 e. The van der Waals surface area contributed by atoms with Gasteiger partial charge in [-0.25, -0.2) is 0 Å². The smallest absolute Gasteiger partial charge is 0.412 e. The van der Waals surface area contributed by atoms with E-state index in [1.54, 1.807) is 19.9 Å². The van der Waals surface area contributed by atoms with E-state index in [-0.39, 0.29) is 23.2 Å². The van der Waals surface area contributed by atoms with Crippen molar-refractivity contribution in [3.05, 3.63) is 23.8 Å². The quantitative estimate of drug-likeness (QED) is 0.145. The molecule has 0 saturated carbocycles. The van der Waals surface area contributed by atoms with Gasteiger partial charge in [0.25, 0.3) is 0 Å². The van der Waals surface area contributed by atoms with Gasteiger partial charge in [-0.15, -0.1) is 0 Å². The molecule has 1 rings (SSSR count). The number of allylic oxidation sites excluding steroid dienone is 2. The fraction of sp³-hybridized carbons (Fsp3) is 0.794. The van der Waals surface area contributed by atoms with Crippen LogP contribution in [-0.4, -0.2) is 58.7 Å². The minimum Gasteiger partial charge on any atom is -0.454 e. The van der Waals surface area contributed by atoms with Crippen LogP contribution in [0.1, 0.15) is 95.4 Å². The Morgan fingerprint density at radius 3 is 2.00 bits per heavy atom. The molecule has 1 aliphatic heterocycles. The third-order valence-electron chi connectivity index (χ3n) is 10.2. The monoisotopic (exact) mass is 676 g/mol. The zero-order valence-corrected chi connectivity index (χ0v) is 31.9. The van der Waals surface area contributed by atoms with Crippen molar-refractivity contribution in [1.29, 1.82) is 0 Å². The first-order chi connectivity index (χ1) is 20.4. The van der Waals surface area contributed by atoms with Gasteiger partial charge in [0.1, 0.15) is 5.78 Å². The standard InChI is InChI=1S/C34H59F3O6Si2/c1-14-45(15-2,16-3)42-28-22-29(39)41-27(25(6)38)21-20-26(34(35,36)37)19-17-18-23(4)30(24(5)31(40)33(28,10)11)43-44(12,13)32(7,8)9/h17-18,20,23-24,27-28,30H,14-16,19,21-22H2,1-13H3/b18-17+,26-20+/t23-,24?,27?,28-,30-/m0/s1. The molecule has 0 bridgehead atoms. The van der Waals surface area contributed by atoms with Crippen molar-refractivity contribution in [3.8, 4) is 0 Å². The minimum absolute atomic E-state index is 0.151. The molecule has 0 aromatic heterocycles. The van der Waals surface area contributed by atoms with Gasteiger partial charge < -0.3 is 13.6 Å². The highest BCUT2D eigenvalue weighted by molar-refractivity contribution is 6.74. The highest BCUT2D eigenvalue weighted by atomic mass is 28.4. The zero-order chi connectivity index (χ0) is 35.2. The van der Waals surface area contributed by atoms with Crippen molar-refractivity contribution in [2.24, 2.45) is 17.3 Å². The molecule has 1 aliphatic rings. The lowest BCUT2D eigenvalue weighted by Crippen LogP contribution is -2.53. The van der Waals surface area contributed by atoms with Gasteiger partial charge in [-0.2, -0.15) is 13.2 Å². The molecular weight excluding hydrogens is 618 g/mol. The van der Waals surface area contributed by atoms with Gasteiger partial charge in [0, 0.05) is 23.3 Å². The largest absolute Gasteiger partial charge is 0.454 e. The van der Waals surface area contributed by atoms with Crippen LogP contribution in [0, 0.1) is 17.3 Å². The predicted octanol–water partition coefficient (Wildman–Crippen LogP) is 9.36. The van der Waals surface area contributed by atoms with Gasteiger partial charge in [-0.3, -0.25) is 14.4 Å². The summed E-state index contributed by atoms with van der Waals surface area (Å²) in [6.07, 6.45) is -4.53. The molecule has 0 radical (unpaired) electrons. The molecule has 1 heterocycles. The van der Waals surface area contributed by atoms with Gasteiger partial charge in [-0.05, 0) is 55.5 Å². The lowest BCUT2D eigenvalue weighted by atomic mass is 9.73. The van der Waals surface area contributed by atoms with Crippen LogP contribution in [0.5, 0.6) is 0 Å². The normalized spacial score (nSPS) is 28.6. The molecule has 0 N–H and O–H groups in total. The summed E-state index contributed by atoms with van der Waals surface area (Å²) in [5.41, 5.74) is -1.97. The van der Waals surface area contributed by atoms with Crippen LogP contribution < -0.4 is 0 Å². The Hall–Kier alpha value is -1.57. The van der Waals surface area contributed by atoms with Crippen molar-refractivity contribution >= 4 is 34.2 Å². The average molecular weight is 677 g/mol. The number of alkyl halides is 3. The molecule has 260 valence electrons. The average Bonchev–Trinajstić information content (AvgIpc) is 2.92. The second-order valence-electron chi connectivity index (χ2n) is 14.8. The van der Waals surface area contributed by atoms with E-state index in [1.807, 2.05) is 13.8 Å². The second-order valence-corrected chi connectivity index (χ2v) is 24.3. The van der Waals surface area contributed by atoms with Gasteiger partial charge in [0.2, 0.25) is 0 Å². The molecule has 0 aromatic rings. The van der Waals surface area contributed by atoms with Gasteiger partial charge in [0.15, 0.2) is 28.5 Å². The number of hydrogen-bond donors (Lipinski definition) is 0. The fourth-order valence-electron chi connectivity index (χ4n) is 5.56. The number of Topliss-reactive ketones (excluding diaryl/α,β-unsaturated/α-hetero) is 2. The number of ether oxygens (including phenoxy) is 1. The number of cyclic esters (lactones) is 1. The molecule has 0 spiro atoms. The summed E-state index contributed by atoms with van der Waals surface area (Å²) < 4.78 is 61.2. The van der Waals surface area contributed by atoms with E-state index in [0.717, 1.165) is 24.2 Å². The number of esters is 1. The van der Waals surface area contributed by atoms with Crippen LogP contribution in [0.15, 0.2) is 23.8 Å². The Morgan fingerprint density at radius 2 is 1.56 bits per heavy atom.